The molecule has 0 aliphatic carbocycles. The highest BCUT2D eigenvalue weighted by atomic mass is 32.2. The molecule has 0 saturated heterocycles. The maximum absolute atomic E-state index is 11.0. The third-order valence-electron chi connectivity index (χ3n) is 3.53. The predicted octanol–water partition coefficient (Wildman–Crippen LogP) is 1.82. The number of hydrogen-bond acceptors (Lipinski definition) is 4. The van der Waals surface area contributed by atoms with Gasteiger partial charge in [0.2, 0.25) is 0 Å². The molecule has 2 N–H and O–H groups in total. The molecule has 0 aliphatic heterocycles. The zero-order valence-electron chi connectivity index (χ0n) is 15.2. The molecule has 138 valence electrons. The number of guanidine groups is 1. The molecule has 0 amide bonds. The Morgan fingerprint density at radius 2 is 1.91 bits per heavy atom. The summed E-state index contributed by atoms with van der Waals surface area (Å²) in [6.07, 6.45) is 6.07. The van der Waals surface area contributed by atoms with Crippen LogP contribution in [0.25, 0.3) is 0 Å². The fourth-order valence-electron chi connectivity index (χ4n) is 2.03. The van der Waals surface area contributed by atoms with Gasteiger partial charge in [0.25, 0.3) is 0 Å². The first-order chi connectivity index (χ1) is 10.9. The van der Waals surface area contributed by atoms with Crippen LogP contribution in [0.15, 0.2) is 4.99 Å². The molecule has 0 spiro atoms. The quantitative estimate of drug-likeness (QED) is 0.301. The monoisotopic (exact) mass is 349 g/mol. The molecule has 0 fully saturated rings. The summed E-state index contributed by atoms with van der Waals surface area (Å²) in [5.74, 6) is 1.50. The van der Waals surface area contributed by atoms with E-state index in [0.717, 1.165) is 25.5 Å². The molecule has 7 heteroatoms. The molecule has 0 aliphatic rings. The molecule has 0 aromatic rings. The van der Waals surface area contributed by atoms with Gasteiger partial charge in [-0.2, -0.15) is 0 Å². The summed E-state index contributed by atoms with van der Waals surface area (Å²) in [6.45, 7) is 9.43. The number of hydrogen-bond donors (Lipinski definition) is 2. The number of unbranched alkanes of at least 4 members (excludes halogenated alkanes) is 1. The van der Waals surface area contributed by atoms with Gasteiger partial charge >= 0.3 is 0 Å². The fourth-order valence-corrected chi connectivity index (χ4v) is 2.45. The van der Waals surface area contributed by atoms with Crippen molar-refractivity contribution in [2.75, 3.05) is 44.9 Å². The first-order valence-electron chi connectivity index (χ1n) is 8.70. The third kappa shape index (κ3) is 14.5. The van der Waals surface area contributed by atoms with Crippen molar-refractivity contribution in [2.24, 2.45) is 10.9 Å². The first kappa shape index (κ1) is 22.2. The molecule has 0 aromatic heterocycles. The minimum atomic E-state index is -2.95. The van der Waals surface area contributed by atoms with Crippen molar-refractivity contribution in [1.82, 2.24) is 10.6 Å². The summed E-state index contributed by atoms with van der Waals surface area (Å²) in [7, 11) is -2.95. The van der Waals surface area contributed by atoms with Crippen LogP contribution in [0.3, 0.4) is 0 Å². The van der Waals surface area contributed by atoms with Crippen LogP contribution in [0.2, 0.25) is 0 Å². The Hall–Kier alpha value is -0.820. The summed E-state index contributed by atoms with van der Waals surface area (Å²) >= 11 is 0. The molecule has 0 radical (unpaired) electrons. The number of aliphatic imine (C=N–C) groups is 1. The normalized spacial score (nSPS) is 13.8. The molecule has 1 atom stereocenters. The Labute approximate surface area is 142 Å². The molecule has 0 saturated carbocycles. The highest BCUT2D eigenvalue weighted by Crippen LogP contribution is 2.12. The van der Waals surface area contributed by atoms with E-state index in [1.54, 1.807) is 0 Å². The molecule has 0 rings (SSSR count). The summed E-state index contributed by atoms with van der Waals surface area (Å²) in [4.78, 5) is 4.64. The summed E-state index contributed by atoms with van der Waals surface area (Å²) in [6, 6.07) is 0. The lowest BCUT2D eigenvalue weighted by atomic mass is 10.00. The van der Waals surface area contributed by atoms with E-state index in [4.69, 9.17) is 4.74 Å². The standard InChI is InChI=1S/C16H35N3O3S/c1-5-8-9-15(6-2)14-19-16(17-7-3)18-10-11-22-12-13-23(4,20)21/h15H,5-14H2,1-4H3,(H2,17,18,19). The summed E-state index contributed by atoms with van der Waals surface area (Å²) in [5.41, 5.74) is 0. The number of sulfone groups is 1. The van der Waals surface area contributed by atoms with Gasteiger partial charge in [0.05, 0.1) is 19.0 Å². The van der Waals surface area contributed by atoms with Crippen molar-refractivity contribution in [3.63, 3.8) is 0 Å². The van der Waals surface area contributed by atoms with Crippen molar-refractivity contribution in [1.29, 1.82) is 0 Å². The second-order valence-electron chi connectivity index (χ2n) is 5.81. The van der Waals surface area contributed by atoms with Crippen molar-refractivity contribution < 1.29 is 13.2 Å². The van der Waals surface area contributed by atoms with Crippen molar-refractivity contribution >= 4 is 15.8 Å². The average molecular weight is 350 g/mol. The lowest BCUT2D eigenvalue weighted by Crippen LogP contribution is -2.39. The van der Waals surface area contributed by atoms with Gasteiger partial charge in [-0.25, -0.2) is 8.42 Å². The summed E-state index contributed by atoms with van der Waals surface area (Å²) in [5, 5.41) is 6.44. The minimum Gasteiger partial charge on any atom is -0.379 e. The van der Waals surface area contributed by atoms with E-state index < -0.39 is 9.84 Å². The van der Waals surface area contributed by atoms with Crippen molar-refractivity contribution in [3.8, 4) is 0 Å². The van der Waals surface area contributed by atoms with E-state index in [0.29, 0.717) is 19.1 Å². The van der Waals surface area contributed by atoms with Crippen LogP contribution in [0, 0.1) is 5.92 Å². The van der Waals surface area contributed by atoms with E-state index in [9.17, 15) is 8.42 Å². The first-order valence-corrected chi connectivity index (χ1v) is 10.8. The van der Waals surface area contributed by atoms with Gasteiger partial charge in [-0.05, 0) is 19.3 Å². The predicted molar refractivity (Wildman–Crippen MR) is 97.8 cm³/mol. The zero-order chi connectivity index (χ0) is 17.6. The molecular weight excluding hydrogens is 314 g/mol. The largest absolute Gasteiger partial charge is 0.379 e. The van der Waals surface area contributed by atoms with Crippen LogP contribution < -0.4 is 10.6 Å². The molecule has 0 heterocycles. The van der Waals surface area contributed by atoms with E-state index in [2.05, 4.69) is 29.5 Å². The maximum Gasteiger partial charge on any atom is 0.191 e. The number of ether oxygens (including phenoxy) is 1. The van der Waals surface area contributed by atoms with Crippen LogP contribution in [0.5, 0.6) is 0 Å². The molecule has 0 bridgehead atoms. The number of nitrogens with one attached hydrogen (secondary N) is 2. The van der Waals surface area contributed by atoms with Gasteiger partial charge in [0.15, 0.2) is 5.96 Å². The Bertz CT molecular complexity index is 411. The van der Waals surface area contributed by atoms with E-state index in [1.165, 1.54) is 25.5 Å². The van der Waals surface area contributed by atoms with Gasteiger partial charge in [0, 0.05) is 25.9 Å². The van der Waals surface area contributed by atoms with E-state index >= 15 is 0 Å². The Morgan fingerprint density at radius 3 is 2.48 bits per heavy atom. The van der Waals surface area contributed by atoms with Crippen LogP contribution in [-0.2, 0) is 14.6 Å². The Kier molecular flexibility index (Phi) is 13.1. The number of nitrogens with zero attached hydrogens (tertiary/aromatic N) is 1. The second-order valence-corrected chi connectivity index (χ2v) is 8.06. The van der Waals surface area contributed by atoms with Gasteiger partial charge < -0.3 is 15.4 Å². The van der Waals surface area contributed by atoms with Crippen LogP contribution in [-0.4, -0.2) is 59.2 Å². The summed E-state index contributed by atoms with van der Waals surface area (Å²) < 4.78 is 27.3. The fraction of sp³-hybridized carbons (Fsp3) is 0.938. The SMILES string of the molecule is CCCCC(CC)CN=C(NCC)NCCOCCS(C)(=O)=O. The molecule has 1 unspecified atom stereocenters. The van der Waals surface area contributed by atoms with Gasteiger partial charge in [0.1, 0.15) is 9.84 Å². The molecule has 6 nitrogen and oxygen atoms in total. The van der Waals surface area contributed by atoms with Crippen molar-refractivity contribution in [2.45, 2.75) is 46.5 Å². The Balaban J connectivity index is 4.06. The van der Waals surface area contributed by atoms with Crippen LogP contribution in [0.1, 0.15) is 46.5 Å². The van der Waals surface area contributed by atoms with Crippen LogP contribution in [0.4, 0.5) is 0 Å². The highest BCUT2D eigenvalue weighted by molar-refractivity contribution is 7.90. The minimum absolute atomic E-state index is 0.0662. The molecular formula is C16H35N3O3S. The molecule has 23 heavy (non-hydrogen) atoms. The molecule has 0 aromatic carbocycles. The lowest BCUT2D eigenvalue weighted by molar-refractivity contribution is 0.154. The van der Waals surface area contributed by atoms with Crippen molar-refractivity contribution in [3.05, 3.63) is 0 Å². The van der Waals surface area contributed by atoms with Gasteiger partial charge in [-0.1, -0.05) is 33.1 Å². The maximum atomic E-state index is 11.0. The Morgan fingerprint density at radius 1 is 1.17 bits per heavy atom. The van der Waals surface area contributed by atoms with E-state index in [-0.39, 0.29) is 12.4 Å². The highest BCUT2D eigenvalue weighted by Gasteiger charge is 2.06. The average Bonchev–Trinajstić information content (AvgIpc) is 2.49. The third-order valence-corrected chi connectivity index (χ3v) is 4.44. The van der Waals surface area contributed by atoms with E-state index in [1.807, 2.05) is 6.92 Å². The zero-order valence-corrected chi connectivity index (χ0v) is 16.0. The topological polar surface area (TPSA) is 79.8 Å². The smallest absolute Gasteiger partial charge is 0.191 e. The second kappa shape index (κ2) is 13.6. The lowest BCUT2D eigenvalue weighted by Gasteiger charge is -2.15. The van der Waals surface area contributed by atoms with Gasteiger partial charge in [-0.3, -0.25) is 4.99 Å². The number of rotatable bonds is 13. The van der Waals surface area contributed by atoms with Gasteiger partial charge in [-0.15, -0.1) is 0 Å². The van der Waals surface area contributed by atoms with Crippen LogP contribution >= 0.6 is 0 Å².